The number of likely N-dealkylation sites (N-methyl/N-ethyl adjacent to an activating group) is 1. The second-order valence-electron chi connectivity index (χ2n) is 5.83. The number of carbonyl (C=O) groups excluding carboxylic acids is 1. The van der Waals surface area contributed by atoms with Crippen LogP contribution in [0.25, 0.3) is 11.3 Å². The summed E-state index contributed by atoms with van der Waals surface area (Å²) in [6, 6.07) is 6.07. The summed E-state index contributed by atoms with van der Waals surface area (Å²) in [6.07, 6.45) is 2.77. The molecule has 0 aliphatic carbocycles. The highest BCUT2D eigenvalue weighted by Gasteiger charge is 2.24. The highest BCUT2D eigenvalue weighted by molar-refractivity contribution is 7.10. The van der Waals surface area contributed by atoms with E-state index >= 15 is 0 Å². The highest BCUT2D eigenvalue weighted by atomic mass is 35.5. The van der Waals surface area contributed by atoms with E-state index in [0.29, 0.717) is 18.0 Å². The van der Waals surface area contributed by atoms with Gasteiger partial charge in [-0.3, -0.25) is 4.79 Å². The number of nitrogens with zero attached hydrogens (tertiary/aromatic N) is 4. The van der Waals surface area contributed by atoms with Crippen LogP contribution in [0.1, 0.15) is 16.4 Å². The van der Waals surface area contributed by atoms with Crippen LogP contribution in [-0.4, -0.2) is 27.5 Å². The molecule has 122 valence electrons. The Hall–Kier alpha value is -2.18. The summed E-state index contributed by atoms with van der Waals surface area (Å²) < 4.78 is 1.86. The number of carbonyl (C=O) groups is 1. The van der Waals surface area contributed by atoms with Gasteiger partial charge in [-0.15, -0.1) is 11.3 Å². The van der Waals surface area contributed by atoms with Gasteiger partial charge in [0.15, 0.2) is 0 Å². The third-order valence-corrected chi connectivity index (χ3v) is 5.54. The Morgan fingerprint density at radius 2 is 2.17 bits per heavy atom. The molecule has 0 spiro atoms. The molecular formula is C17H15ClN4OS. The van der Waals surface area contributed by atoms with Crippen molar-refractivity contribution in [3.8, 4) is 11.3 Å². The lowest BCUT2D eigenvalue weighted by molar-refractivity contribution is -0.117. The molecule has 1 aliphatic rings. The van der Waals surface area contributed by atoms with E-state index < -0.39 is 0 Å². The van der Waals surface area contributed by atoms with Crippen molar-refractivity contribution in [1.29, 1.82) is 0 Å². The van der Waals surface area contributed by atoms with E-state index in [4.69, 9.17) is 16.6 Å². The van der Waals surface area contributed by atoms with Gasteiger partial charge in [-0.2, -0.15) is 0 Å². The molecule has 3 heterocycles. The Balaban J connectivity index is 1.61. The molecule has 0 bridgehead atoms. The zero-order valence-corrected chi connectivity index (χ0v) is 14.9. The number of amides is 1. The number of benzene rings is 1. The van der Waals surface area contributed by atoms with Crippen molar-refractivity contribution in [1.82, 2.24) is 14.5 Å². The summed E-state index contributed by atoms with van der Waals surface area (Å²) >= 11 is 7.63. The van der Waals surface area contributed by atoms with Crippen LogP contribution in [0.3, 0.4) is 0 Å². The number of fused-ring (bicyclic) bond motifs is 1. The molecule has 1 aromatic carbocycles. The van der Waals surface area contributed by atoms with Crippen LogP contribution in [-0.2, 0) is 24.7 Å². The zero-order chi connectivity index (χ0) is 16.8. The fraction of sp³-hybridized carbons (Fsp3) is 0.235. The van der Waals surface area contributed by atoms with Crippen LogP contribution >= 0.6 is 22.9 Å². The first kappa shape index (κ1) is 15.4. The van der Waals surface area contributed by atoms with E-state index in [1.165, 1.54) is 0 Å². The van der Waals surface area contributed by atoms with Crippen molar-refractivity contribution in [2.75, 3.05) is 11.9 Å². The Morgan fingerprint density at radius 3 is 2.92 bits per heavy atom. The van der Waals surface area contributed by atoms with Gasteiger partial charge >= 0.3 is 0 Å². The van der Waals surface area contributed by atoms with Crippen LogP contribution < -0.4 is 4.90 Å². The Morgan fingerprint density at radius 1 is 1.33 bits per heavy atom. The number of thiazole rings is 1. The van der Waals surface area contributed by atoms with Crippen molar-refractivity contribution in [3.63, 3.8) is 0 Å². The maximum Gasteiger partial charge on any atom is 0.231 e. The maximum atomic E-state index is 11.8. The normalized spacial score (nSPS) is 13.6. The molecule has 0 radical (unpaired) electrons. The Kier molecular flexibility index (Phi) is 3.66. The van der Waals surface area contributed by atoms with Crippen LogP contribution in [0.2, 0.25) is 5.15 Å². The lowest BCUT2D eigenvalue weighted by Crippen LogP contribution is -2.20. The average molecular weight is 359 g/mol. The monoisotopic (exact) mass is 358 g/mol. The van der Waals surface area contributed by atoms with Crippen molar-refractivity contribution in [2.24, 2.45) is 7.05 Å². The summed E-state index contributed by atoms with van der Waals surface area (Å²) in [7, 11) is 3.71. The highest BCUT2D eigenvalue weighted by Crippen LogP contribution is 2.32. The van der Waals surface area contributed by atoms with Gasteiger partial charge in [0, 0.05) is 30.7 Å². The second-order valence-corrected chi connectivity index (χ2v) is 7.16. The predicted octanol–water partition coefficient (Wildman–Crippen LogP) is 3.31. The number of rotatable bonds is 3. The molecule has 1 aliphatic heterocycles. The van der Waals surface area contributed by atoms with Gasteiger partial charge in [-0.1, -0.05) is 17.7 Å². The molecule has 2 aromatic heterocycles. The third-order valence-electron chi connectivity index (χ3n) is 4.34. The number of hydrogen-bond acceptors (Lipinski definition) is 4. The van der Waals surface area contributed by atoms with Gasteiger partial charge in [0.25, 0.3) is 0 Å². The number of anilines is 1. The summed E-state index contributed by atoms with van der Waals surface area (Å²) in [4.78, 5) is 22.5. The lowest BCUT2D eigenvalue weighted by Gasteiger charge is -2.09. The first-order valence-electron chi connectivity index (χ1n) is 7.53. The third kappa shape index (κ3) is 2.52. The van der Waals surface area contributed by atoms with Gasteiger partial charge in [0.2, 0.25) is 5.91 Å². The lowest BCUT2D eigenvalue weighted by atomic mass is 10.1. The number of aromatic nitrogens is 3. The number of imidazole rings is 1. The molecular weight excluding hydrogens is 344 g/mol. The number of halogens is 1. The molecule has 3 aromatic rings. The van der Waals surface area contributed by atoms with E-state index in [1.807, 2.05) is 36.2 Å². The minimum Gasteiger partial charge on any atom is -0.322 e. The molecule has 0 fully saturated rings. The SMILES string of the molecule is CN1C(=O)Cc2cc(-c3csc(Cc4ncc(Cl)n4C)n3)ccc21. The molecule has 0 saturated carbocycles. The Bertz CT molecular complexity index is 946. The van der Waals surface area contributed by atoms with Crippen LogP contribution in [0.5, 0.6) is 0 Å². The first-order chi connectivity index (χ1) is 11.5. The molecule has 0 saturated heterocycles. The van der Waals surface area contributed by atoms with Gasteiger partial charge in [0.1, 0.15) is 16.0 Å². The standard InChI is InChI=1S/C17H15ClN4OS/c1-21-13-4-3-10(5-11(13)6-17(21)23)12-9-24-16(20-12)7-15-19-8-14(18)22(15)2/h3-5,8-9H,6-7H2,1-2H3. The van der Waals surface area contributed by atoms with Crippen LogP contribution in [0.4, 0.5) is 5.69 Å². The summed E-state index contributed by atoms with van der Waals surface area (Å²) in [5, 5.41) is 3.65. The molecule has 0 N–H and O–H groups in total. The quantitative estimate of drug-likeness (QED) is 0.721. The van der Waals surface area contributed by atoms with Gasteiger partial charge < -0.3 is 9.47 Å². The van der Waals surface area contributed by atoms with Crippen molar-refractivity contribution in [2.45, 2.75) is 12.8 Å². The molecule has 24 heavy (non-hydrogen) atoms. The minimum absolute atomic E-state index is 0.132. The van der Waals surface area contributed by atoms with E-state index in [2.05, 4.69) is 11.1 Å². The molecule has 7 heteroatoms. The van der Waals surface area contributed by atoms with Crippen LogP contribution in [0, 0.1) is 0 Å². The predicted molar refractivity (Wildman–Crippen MR) is 95.7 cm³/mol. The van der Waals surface area contributed by atoms with Crippen molar-refractivity contribution in [3.05, 3.63) is 51.3 Å². The van der Waals surface area contributed by atoms with Gasteiger partial charge in [0.05, 0.1) is 24.7 Å². The smallest absolute Gasteiger partial charge is 0.231 e. The van der Waals surface area contributed by atoms with E-state index in [0.717, 1.165) is 33.3 Å². The molecule has 5 nitrogen and oxygen atoms in total. The maximum absolute atomic E-state index is 11.8. The second kappa shape index (κ2) is 5.72. The first-order valence-corrected chi connectivity index (χ1v) is 8.79. The zero-order valence-electron chi connectivity index (χ0n) is 13.3. The van der Waals surface area contributed by atoms with Crippen molar-refractivity contribution >= 4 is 34.5 Å². The summed E-state index contributed by atoms with van der Waals surface area (Å²) in [6.45, 7) is 0. The van der Waals surface area contributed by atoms with E-state index in [9.17, 15) is 4.79 Å². The van der Waals surface area contributed by atoms with E-state index in [1.54, 1.807) is 22.4 Å². The largest absolute Gasteiger partial charge is 0.322 e. The van der Waals surface area contributed by atoms with Gasteiger partial charge in [-0.25, -0.2) is 9.97 Å². The van der Waals surface area contributed by atoms with Crippen molar-refractivity contribution < 1.29 is 4.79 Å². The van der Waals surface area contributed by atoms with E-state index in [-0.39, 0.29) is 5.91 Å². The fourth-order valence-electron chi connectivity index (χ4n) is 2.88. The number of hydrogen-bond donors (Lipinski definition) is 0. The summed E-state index contributed by atoms with van der Waals surface area (Å²) in [5.74, 6) is 1.02. The fourth-order valence-corrected chi connectivity index (χ4v) is 3.82. The molecule has 0 unspecified atom stereocenters. The molecule has 4 rings (SSSR count). The summed E-state index contributed by atoms with van der Waals surface area (Å²) in [5.41, 5.74) is 4.02. The molecule has 1 amide bonds. The van der Waals surface area contributed by atoms with Crippen LogP contribution in [0.15, 0.2) is 29.8 Å². The van der Waals surface area contributed by atoms with Gasteiger partial charge in [-0.05, 0) is 17.7 Å². The molecule has 0 atom stereocenters. The average Bonchev–Trinajstić information content (AvgIpc) is 3.23. The Labute approximate surface area is 148 Å². The topological polar surface area (TPSA) is 51.0 Å². The minimum atomic E-state index is 0.132.